The summed E-state index contributed by atoms with van der Waals surface area (Å²) in [6, 6.07) is 27.3. The van der Waals surface area contributed by atoms with Crippen LogP contribution >= 0.6 is 34.5 Å². The summed E-state index contributed by atoms with van der Waals surface area (Å²) in [5, 5.41) is 8.90. The molecule has 0 saturated heterocycles. The zero-order valence-corrected chi connectivity index (χ0v) is 29.8. The molecule has 4 aromatic rings. The van der Waals surface area contributed by atoms with Crippen molar-refractivity contribution in [3.63, 3.8) is 0 Å². The Hall–Kier alpha value is -0.186. The average Bonchev–Trinajstić information content (AvgIpc) is 3.58. The van der Waals surface area contributed by atoms with E-state index in [0.717, 1.165) is 11.3 Å². The number of benzene rings is 2. The first-order chi connectivity index (χ1) is 18.9. The van der Waals surface area contributed by atoms with Crippen molar-refractivity contribution in [1.29, 1.82) is 0 Å². The normalized spacial score (nSPS) is 13.4. The molecule has 0 nitrogen and oxygen atoms in total. The molecule has 0 fully saturated rings. The van der Waals surface area contributed by atoms with Crippen LogP contribution in [0.25, 0.3) is 21.5 Å². The van der Waals surface area contributed by atoms with Gasteiger partial charge in [-0.3, -0.25) is 0 Å². The van der Waals surface area contributed by atoms with E-state index < -0.39 is 17.0 Å². The molecular weight excluding hydrogens is 589 g/mol. The van der Waals surface area contributed by atoms with Gasteiger partial charge in [0.15, 0.2) is 0 Å². The van der Waals surface area contributed by atoms with Crippen LogP contribution in [0, 0.1) is 0 Å². The number of hydrogen-bond donors (Lipinski definition) is 0. The van der Waals surface area contributed by atoms with Crippen LogP contribution in [0.3, 0.4) is 0 Å². The second kappa shape index (κ2) is 19.8. The maximum absolute atomic E-state index is 4.89. The van der Waals surface area contributed by atoms with Gasteiger partial charge in [-0.1, -0.05) is 82.4 Å². The van der Waals surface area contributed by atoms with Gasteiger partial charge in [0.2, 0.25) is 0 Å². The third kappa shape index (κ3) is 11.2. The van der Waals surface area contributed by atoms with Gasteiger partial charge in [-0.25, -0.2) is 0 Å². The molecule has 0 N–H and O–H groups in total. The van der Waals surface area contributed by atoms with Crippen molar-refractivity contribution in [2.45, 2.75) is 91.4 Å². The molecule has 4 aromatic carbocycles. The van der Waals surface area contributed by atoms with Crippen molar-refractivity contribution >= 4 is 66.6 Å². The van der Waals surface area contributed by atoms with Gasteiger partial charge in [0.25, 0.3) is 0 Å². The van der Waals surface area contributed by atoms with E-state index in [1.54, 1.807) is 10.6 Å². The molecule has 2 atom stereocenters. The van der Waals surface area contributed by atoms with Gasteiger partial charge in [0, 0.05) is 0 Å². The molecule has 0 saturated carbocycles. The molecule has 0 amide bonds. The van der Waals surface area contributed by atoms with Gasteiger partial charge in [-0.05, 0) is 49.3 Å². The molecule has 0 aliphatic carbocycles. The van der Waals surface area contributed by atoms with Gasteiger partial charge >= 0.3 is 35.6 Å². The topological polar surface area (TPSA) is 0 Å². The third-order valence-corrected chi connectivity index (χ3v) is 13.7. The van der Waals surface area contributed by atoms with Crippen molar-refractivity contribution in [2.75, 3.05) is 12.3 Å². The van der Waals surface area contributed by atoms with Gasteiger partial charge in [-0.2, -0.15) is 12.1 Å². The van der Waals surface area contributed by atoms with E-state index >= 15 is 0 Å². The van der Waals surface area contributed by atoms with E-state index in [1.165, 1.54) is 72.4 Å². The van der Waals surface area contributed by atoms with Crippen LogP contribution in [0.2, 0.25) is 0 Å². The fraction of sp³-hybridized carbons (Fsp3) is 0.471. The summed E-state index contributed by atoms with van der Waals surface area (Å²) in [5.74, 6) is 0. The molecule has 0 heterocycles. The SMILES string of the molecule is CCC(C)P(c1cc2ccccc2[cH-]1)C(C)CC.CCCCP(CCCC)c1cc2ccccc2[cH-]1.[Cl][Ti][Cl]. The average molecular weight is 637 g/mol. The molecule has 0 aliphatic rings. The number of halogens is 2. The van der Waals surface area contributed by atoms with E-state index in [1.807, 2.05) is 0 Å². The maximum atomic E-state index is 4.89. The van der Waals surface area contributed by atoms with E-state index in [0.29, 0.717) is 0 Å². The minimum atomic E-state index is -0.556. The zero-order chi connectivity index (χ0) is 28.6. The Labute approximate surface area is 258 Å². The molecule has 0 aliphatic heterocycles. The predicted octanol–water partition coefficient (Wildman–Crippen LogP) is 11.9. The Morgan fingerprint density at radius 2 is 1.10 bits per heavy atom. The van der Waals surface area contributed by atoms with Gasteiger partial charge in [-0.15, -0.1) is 80.7 Å². The predicted molar refractivity (Wildman–Crippen MR) is 183 cm³/mol. The summed E-state index contributed by atoms with van der Waals surface area (Å²) in [6.45, 7) is 14.1. The van der Waals surface area contributed by atoms with Crippen LogP contribution in [0.15, 0.2) is 72.8 Å². The molecule has 0 spiro atoms. The number of hydrogen-bond acceptors (Lipinski definition) is 0. The summed E-state index contributed by atoms with van der Waals surface area (Å²) in [7, 11) is 9.84. The number of rotatable bonds is 12. The standard InChI is InChI=1S/2C17H24P.2ClH.Ti/c1-5-13(3)18(14(4)6-2)17-11-15-9-7-8-10-16(15)12-17;1-3-5-11-18(12-6-4-2)17-13-15-9-7-8-10-16(15)14-17;;;/h7-14H,5-6H2,1-4H3;7-10,13-14H,3-6,11-12H2,1-2H3;2*1H;/q2*-1;;;+2/p-2. The molecular formula is C34H48Cl2P2Ti-2. The van der Waals surface area contributed by atoms with Crippen molar-refractivity contribution in [2.24, 2.45) is 0 Å². The second-order valence-electron chi connectivity index (χ2n) is 10.4. The molecule has 0 aromatic heterocycles. The van der Waals surface area contributed by atoms with Crippen LogP contribution in [0.4, 0.5) is 0 Å². The third-order valence-electron chi connectivity index (χ3n) is 7.56. The van der Waals surface area contributed by atoms with E-state index in [4.69, 9.17) is 18.6 Å². The van der Waals surface area contributed by atoms with E-state index in [9.17, 15) is 0 Å². The van der Waals surface area contributed by atoms with E-state index in [2.05, 4.69) is 114 Å². The second-order valence-corrected chi connectivity index (χ2v) is 18.5. The first-order valence-electron chi connectivity index (χ1n) is 14.7. The summed E-state index contributed by atoms with van der Waals surface area (Å²) < 4.78 is 0. The Morgan fingerprint density at radius 1 is 0.692 bits per heavy atom. The number of fused-ring (bicyclic) bond motifs is 2. The number of unbranched alkanes of at least 4 members (excludes halogenated alkanes) is 2. The molecule has 0 bridgehead atoms. The quantitative estimate of drug-likeness (QED) is 0.0824. The molecule has 4 rings (SSSR count). The van der Waals surface area contributed by atoms with Gasteiger partial charge in [0.1, 0.15) is 0 Å². The van der Waals surface area contributed by atoms with E-state index in [-0.39, 0.29) is 15.8 Å². The van der Waals surface area contributed by atoms with Gasteiger partial charge < -0.3 is 0 Å². The summed E-state index contributed by atoms with van der Waals surface area (Å²) in [6.07, 6.45) is 10.8. The fourth-order valence-corrected chi connectivity index (χ4v) is 11.0. The van der Waals surface area contributed by atoms with Crippen LogP contribution < -0.4 is 10.6 Å². The summed E-state index contributed by atoms with van der Waals surface area (Å²) in [5.41, 5.74) is 1.65. The van der Waals surface area contributed by atoms with Crippen LogP contribution in [-0.4, -0.2) is 23.6 Å². The Bertz CT molecular complexity index is 1100. The first kappa shape index (κ1) is 35.0. The molecule has 214 valence electrons. The minimum absolute atomic E-state index is 0.0252. The van der Waals surface area contributed by atoms with Crippen LogP contribution in [0.5, 0.6) is 0 Å². The zero-order valence-electron chi connectivity index (χ0n) is 24.9. The molecule has 0 radical (unpaired) electrons. The van der Waals surface area contributed by atoms with Crippen molar-refractivity contribution in [1.82, 2.24) is 0 Å². The summed E-state index contributed by atoms with van der Waals surface area (Å²) in [4.78, 5) is 0. The summed E-state index contributed by atoms with van der Waals surface area (Å²) >= 11 is -0.556. The van der Waals surface area contributed by atoms with Gasteiger partial charge in [0.05, 0.1) is 0 Å². The van der Waals surface area contributed by atoms with Crippen LogP contribution in [0.1, 0.15) is 80.1 Å². The van der Waals surface area contributed by atoms with Crippen molar-refractivity contribution < 1.29 is 17.0 Å². The van der Waals surface area contributed by atoms with Crippen molar-refractivity contribution in [3.8, 4) is 0 Å². The molecule has 5 heteroatoms. The fourth-order valence-electron chi connectivity index (χ4n) is 5.00. The van der Waals surface area contributed by atoms with Crippen molar-refractivity contribution in [3.05, 3.63) is 72.8 Å². The molecule has 2 unspecified atom stereocenters. The Morgan fingerprint density at radius 3 is 1.51 bits per heavy atom. The first-order valence-corrected chi connectivity index (χ1v) is 22.2. The molecule has 39 heavy (non-hydrogen) atoms. The Kier molecular flexibility index (Phi) is 17.8. The Balaban J connectivity index is 0.000000249. The van der Waals surface area contributed by atoms with Crippen LogP contribution in [-0.2, 0) is 17.0 Å². The monoisotopic (exact) mass is 636 g/mol.